The number of nitrogens with zero attached hydrogens (tertiary/aromatic N) is 1. The third-order valence-corrected chi connectivity index (χ3v) is 4.94. The van der Waals surface area contributed by atoms with Crippen LogP contribution in [0.2, 0.25) is 0 Å². The fourth-order valence-electron chi connectivity index (χ4n) is 3.17. The molecule has 6 heteroatoms. The van der Waals surface area contributed by atoms with Gasteiger partial charge in [-0.25, -0.2) is 0 Å². The second-order valence-electron chi connectivity index (χ2n) is 6.96. The number of ether oxygens (including phenoxy) is 1. The Morgan fingerprint density at radius 2 is 2.21 bits per heavy atom. The van der Waals surface area contributed by atoms with Gasteiger partial charge in [0.25, 0.3) is 0 Å². The van der Waals surface area contributed by atoms with Crippen molar-refractivity contribution in [3.8, 4) is 5.75 Å². The van der Waals surface area contributed by atoms with Gasteiger partial charge in [-0.15, -0.1) is 0 Å². The van der Waals surface area contributed by atoms with Crippen molar-refractivity contribution in [1.82, 2.24) is 5.32 Å². The molecule has 0 unspecified atom stereocenters. The van der Waals surface area contributed by atoms with Gasteiger partial charge in [0, 0.05) is 31.3 Å². The first-order valence-corrected chi connectivity index (χ1v) is 8.35. The van der Waals surface area contributed by atoms with Crippen molar-refractivity contribution in [3.63, 3.8) is 0 Å². The number of methoxy groups -OCH3 is 1. The van der Waals surface area contributed by atoms with Gasteiger partial charge in [0.1, 0.15) is 5.75 Å². The molecule has 0 spiro atoms. The summed E-state index contributed by atoms with van der Waals surface area (Å²) in [6.07, 6.45) is 2.21. The van der Waals surface area contributed by atoms with Crippen LogP contribution in [0.25, 0.3) is 0 Å². The Morgan fingerprint density at radius 1 is 1.46 bits per heavy atom. The van der Waals surface area contributed by atoms with Crippen molar-refractivity contribution in [2.75, 3.05) is 25.1 Å². The van der Waals surface area contributed by atoms with E-state index < -0.39 is 11.5 Å². The number of anilines is 1. The Bertz CT molecular complexity index is 640. The highest BCUT2D eigenvalue weighted by Gasteiger charge is 2.41. The molecule has 2 atom stereocenters. The Hall–Kier alpha value is -2.08. The highest BCUT2D eigenvalue weighted by Crippen LogP contribution is 2.39. The van der Waals surface area contributed by atoms with Gasteiger partial charge in [0.2, 0.25) is 11.8 Å². The Morgan fingerprint density at radius 3 is 2.88 bits per heavy atom. The minimum absolute atomic E-state index is 0.0719. The van der Waals surface area contributed by atoms with E-state index in [2.05, 4.69) is 5.32 Å². The Labute approximate surface area is 141 Å². The lowest BCUT2D eigenvalue weighted by Gasteiger charge is -2.24. The van der Waals surface area contributed by atoms with Crippen LogP contribution in [0.1, 0.15) is 26.2 Å². The largest absolute Gasteiger partial charge is 0.497 e. The van der Waals surface area contributed by atoms with Gasteiger partial charge in [-0.2, -0.15) is 0 Å². The van der Waals surface area contributed by atoms with Crippen molar-refractivity contribution in [2.24, 2.45) is 11.8 Å². The molecule has 2 fully saturated rings. The number of carbonyl (C=O) groups excluding carboxylic acids is 2. The number of hydrogen-bond acceptors (Lipinski definition) is 4. The first-order chi connectivity index (χ1) is 11.4. The Balaban J connectivity index is 1.60. The molecule has 0 radical (unpaired) electrons. The number of amides is 2. The molecule has 1 aliphatic carbocycles. The van der Waals surface area contributed by atoms with Crippen LogP contribution in [-0.2, 0) is 9.59 Å². The molecule has 3 rings (SSSR count). The zero-order valence-corrected chi connectivity index (χ0v) is 14.1. The van der Waals surface area contributed by atoms with Gasteiger partial charge in [-0.3, -0.25) is 9.59 Å². The lowest BCUT2D eigenvalue weighted by molar-refractivity contribution is -0.127. The van der Waals surface area contributed by atoms with E-state index in [0.29, 0.717) is 12.3 Å². The number of carbonyl (C=O) groups is 2. The summed E-state index contributed by atoms with van der Waals surface area (Å²) >= 11 is 0. The van der Waals surface area contributed by atoms with Crippen LogP contribution < -0.4 is 15.0 Å². The summed E-state index contributed by atoms with van der Waals surface area (Å²) in [6.45, 7) is 2.34. The van der Waals surface area contributed by atoms with Crippen molar-refractivity contribution < 1.29 is 19.4 Å². The van der Waals surface area contributed by atoms with Crippen LogP contribution in [0, 0.1) is 11.8 Å². The van der Waals surface area contributed by atoms with Gasteiger partial charge in [0.15, 0.2) is 0 Å². The number of nitrogens with one attached hydrogen (secondary N) is 1. The van der Waals surface area contributed by atoms with E-state index in [4.69, 9.17) is 4.74 Å². The zero-order valence-electron chi connectivity index (χ0n) is 14.1. The molecular weight excluding hydrogens is 308 g/mol. The minimum atomic E-state index is -0.856. The molecule has 1 aliphatic heterocycles. The topological polar surface area (TPSA) is 78.9 Å². The molecule has 130 valence electrons. The molecule has 2 amide bonds. The first-order valence-electron chi connectivity index (χ1n) is 8.35. The monoisotopic (exact) mass is 332 g/mol. The van der Waals surface area contributed by atoms with Gasteiger partial charge in [0.05, 0.1) is 18.6 Å². The smallest absolute Gasteiger partial charge is 0.227 e. The molecule has 0 aromatic heterocycles. The molecular formula is C18H24N2O4. The fourth-order valence-corrected chi connectivity index (χ4v) is 3.17. The highest BCUT2D eigenvalue weighted by atomic mass is 16.5. The second-order valence-corrected chi connectivity index (χ2v) is 6.96. The summed E-state index contributed by atoms with van der Waals surface area (Å²) < 4.78 is 5.18. The van der Waals surface area contributed by atoms with E-state index in [1.165, 1.54) is 0 Å². The third-order valence-electron chi connectivity index (χ3n) is 4.94. The maximum atomic E-state index is 12.4. The lowest BCUT2D eigenvalue weighted by atomic mass is 10.00. The number of hydrogen-bond donors (Lipinski definition) is 2. The predicted molar refractivity (Wildman–Crippen MR) is 89.8 cm³/mol. The van der Waals surface area contributed by atoms with Crippen molar-refractivity contribution in [3.05, 3.63) is 24.3 Å². The SMILES string of the molecule is COc1cccc(N2C[C@@H](C(=O)NC[C@@](C)(O)C3CC3)CC2=O)c1. The summed E-state index contributed by atoms with van der Waals surface area (Å²) in [6, 6.07) is 7.25. The van der Waals surface area contributed by atoms with Crippen LogP contribution in [0.5, 0.6) is 5.75 Å². The molecule has 1 saturated heterocycles. The predicted octanol–water partition coefficient (Wildman–Crippen LogP) is 1.33. The van der Waals surface area contributed by atoms with Crippen LogP contribution in [0.15, 0.2) is 24.3 Å². The average molecular weight is 332 g/mol. The zero-order chi connectivity index (χ0) is 17.3. The van der Waals surface area contributed by atoms with Crippen LogP contribution in [-0.4, -0.2) is 42.7 Å². The Kier molecular flexibility index (Phi) is 4.49. The summed E-state index contributed by atoms with van der Waals surface area (Å²) in [4.78, 5) is 26.2. The standard InChI is InChI=1S/C18H24N2O4/c1-18(23,13-6-7-13)11-19-17(22)12-8-16(21)20(10-12)14-4-3-5-15(9-14)24-2/h3-5,9,12-13,23H,6-8,10-11H2,1-2H3,(H,19,22)/t12-,18+/m0/s1. The maximum Gasteiger partial charge on any atom is 0.227 e. The van der Waals surface area contributed by atoms with Crippen LogP contribution >= 0.6 is 0 Å². The summed E-state index contributed by atoms with van der Waals surface area (Å²) in [7, 11) is 1.58. The van der Waals surface area contributed by atoms with E-state index in [1.54, 1.807) is 25.0 Å². The quantitative estimate of drug-likeness (QED) is 0.824. The first kappa shape index (κ1) is 16.8. The van der Waals surface area contributed by atoms with E-state index in [1.807, 2.05) is 18.2 Å². The van der Waals surface area contributed by atoms with Crippen molar-refractivity contribution >= 4 is 17.5 Å². The van der Waals surface area contributed by atoms with Gasteiger partial charge in [-0.05, 0) is 37.8 Å². The van der Waals surface area contributed by atoms with Gasteiger partial charge < -0.3 is 20.1 Å². The molecule has 2 N–H and O–H groups in total. The molecule has 1 heterocycles. The van der Waals surface area contributed by atoms with E-state index in [-0.39, 0.29) is 30.7 Å². The molecule has 1 aromatic carbocycles. The average Bonchev–Trinajstić information content (AvgIpc) is 3.36. The summed E-state index contributed by atoms with van der Waals surface area (Å²) in [5.74, 6) is 0.315. The minimum Gasteiger partial charge on any atom is -0.497 e. The van der Waals surface area contributed by atoms with Crippen LogP contribution in [0.4, 0.5) is 5.69 Å². The maximum absolute atomic E-state index is 12.4. The summed E-state index contributed by atoms with van der Waals surface area (Å²) in [5.41, 5.74) is -0.121. The third kappa shape index (κ3) is 3.53. The summed E-state index contributed by atoms with van der Waals surface area (Å²) in [5, 5.41) is 13.1. The second kappa shape index (κ2) is 6.43. The molecule has 1 saturated carbocycles. The van der Waals surface area contributed by atoms with Crippen molar-refractivity contribution in [2.45, 2.75) is 31.8 Å². The number of benzene rings is 1. The number of aliphatic hydroxyl groups is 1. The molecule has 24 heavy (non-hydrogen) atoms. The van der Waals surface area contributed by atoms with E-state index in [9.17, 15) is 14.7 Å². The van der Waals surface area contributed by atoms with Crippen molar-refractivity contribution in [1.29, 1.82) is 0 Å². The molecule has 2 aliphatic rings. The van der Waals surface area contributed by atoms with Gasteiger partial charge in [-0.1, -0.05) is 6.07 Å². The lowest BCUT2D eigenvalue weighted by Crippen LogP contribution is -2.44. The van der Waals surface area contributed by atoms with E-state index >= 15 is 0 Å². The number of rotatable bonds is 6. The van der Waals surface area contributed by atoms with Crippen LogP contribution in [0.3, 0.4) is 0 Å². The molecule has 1 aromatic rings. The van der Waals surface area contributed by atoms with E-state index in [0.717, 1.165) is 18.5 Å². The molecule has 0 bridgehead atoms. The fraction of sp³-hybridized carbons (Fsp3) is 0.556. The normalized spacial score (nSPS) is 23.0. The molecule has 6 nitrogen and oxygen atoms in total. The highest BCUT2D eigenvalue weighted by molar-refractivity contribution is 6.00. The van der Waals surface area contributed by atoms with Gasteiger partial charge >= 0.3 is 0 Å².